The van der Waals surface area contributed by atoms with Crippen LogP contribution in [-0.2, 0) is 22.0 Å². The van der Waals surface area contributed by atoms with Crippen LogP contribution in [0.15, 0.2) is 53.4 Å². The number of sulfone groups is 1. The fourth-order valence-electron chi connectivity index (χ4n) is 2.68. The third-order valence-corrected chi connectivity index (χ3v) is 5.53. The van der Waals surface area contributed by atoms with E-state index in [1.165, 1.54) is 0 Å². The molecular weight excluding hydrogens is 294 g/mol. The molecule has 0 aliphatic rings. The molecule has 0 saturated heterocycles. The normalized spacial score (nSPS) is 11.9. The maximum atomic E-state index is 12.6. The molecule has 1 aromatic heterocycles. The van der Waals surface area contributed by atoms with Crippen molar-refractivity contribution in [3.05, 3.63) is 72.3 Å². The highest BCUT2D eigenvalue weighted by atomic mass is 32.2. The van der Waals surface area contributed by atoms with Gasteiger partial charge in [-0.25, -0.2) is 8.42 Å². The molecule has 0 atom stereocenters. The SMILES string of the molecule is [CH2]Cc1c(CS(=O)(=O)c2ccc(C)cc2)[nH]c2ccccc12. The molecule has 0 amide bonds. The lowest BCUT2D eigenvalue weighted by Gasteiger charge is -2.06. The lowest BCUT2D eigenvalue weighted by Crippen LogP contribution is -2.07. The summed E-state index contributed by atoms with van der Waals surface area (Å²) >= 11 is 0. The third kappa shape index (κ3) is 2.66. The zero-order chi connectivity index (χ0) is 15.7. The maximum Gasteiger partial charge on any atom is 0.183 e. The Bertz CT molecular complexity index is 906. The number of hydrogen-bond donors (Lipinski definition) is 1. The highest BCUT2D eigenvalue weighted by Gasteiger charge is 2.19. The van der Waals surface area contributed by atoms with E-state index in [0.717, 1.165) is 27.7 Å². The average Bonchev–Trinajstić information content (AvgIpc) is 2.83. The fraction of sp³-hybridized carbons (Fsp3) is 0.167. The molecule has 3 nitrogen and oxygen atoms in total. The molecule has 2 aromatic carbocycles. The van der Waals surface area contributed by atoms with Crippen LogP contribution in [0.1, 0.15) is 16.8 Å². The van der Waals surface area contributed by atoms with Crippen LogP contribution in [0.5, 0.6) is 0 Å². The highest BCUT2D eigenvalue weighted by molar-refractivity contribution is 7.90. The number of nitrogens with one attached hydrogen (secondary N) is 1. The van der Waals surface area contributed by atoms with Crippen molar-refractivity contribution >= 4 is 20.7 Å². The first-order valence-electron chi connectivity index (χ1n) is 7.18. The van der Waals surface area contributed by atoms with Gasteiger partial charge in [0.05, 0.1) is 10.6 Å². The molecule has 1 N–H and O–H groups in total. The Balaban J connectivity index is 2.03. The van der Waals surface area contributed by atoms with Crippen LogP contribution in [-0.4, -0.2) is 13.4 Å². The lowest BCUT2D eigenvalue weighted by atomic mass is 10.1. The summed E-state index contributed by atoms with van der Waals surface area (Å²) in [7, 11) is -3.37. The molecule has 4 heteroatoms. The van der Waals surface area contributed by atoms with Gasteiger partial charge in [0.25, 0.3) is 0 Å². The minimum atomic E-state index is -3.37. The molecule has 1 radical (unpaired) electrons. The fourth-order valence-corrected chi connectivity index (χ4v) is 4.03. The zero-order valence-electron chi connectivity index (χ0n) is 12.5. The number of aryl methyl sites for hydroxylation is 1. The van der Waals surface area contributed by atoms with Crippen molar-refractivity contribution in [3.8, 4) is 0 Å². The summed E-state index contributed by atoms with van der Waals surface area (Å²) in [4.78, 5) is 3.59. The second kappa shape index (κ2) is 5.61. The van der Waals surface area contributed by atoms with Crippen LogP contribution in [0.3, 0.4) is 0 Å². The van der Waals surface area contributed by atoms with Gasteiger partial charge in [-0.1, -0.05) is 35.9 Å². The summed E-state index contributed by atoms with van der Waals surface area (Å²) in [6.45, 7) is 5.88. The quantitative estimate of drug-likeness (QED) is 0.796. The number of benzene rings is 2. The summed E-state index contributed by atoms with van der Waals surface area (Å²) < 4.78 is 25.2. The summed E-state index contributed by atoms with van der Waals surface area (Å²) in [5, 5.41) is 1.05. The molecule has 3 rings (SSSR count). The van der Waals surface area contributed by atoms with E-state index in [4.69, 9.17) is 0 Å². The van der Waals surface area contributed by atoms with Crippen molar-refractivity contribution in [2.45, 2.75) is 24.0 Å². The first kappa shape index (κ1) is 14.9. The van der Waals surface area contributed by atoms with Crippen molar-refractivity contribution in [3.63, 3.8) is 0 Å². The molecule has 0 unspecified atom stereocenters. The third-order valence-electron chi connectivity index (χ3n) is 3.87. The number of rotatable bonds is 4. The second-order valence-electron chi connectivity index (χ2n) is 5.45. The molecule has 0 saturated carbocycles. The van der Waals surface area contributed by atoms with Crippen molar-refractivity contribution in [1.29, 1.82) is 0 Å². The van der Waals surface area contributed by atoms with E-state index in [9.17, 15) is 8.42 Å². The van der Waals surface area contributed by atoms with Crippen LogP contribution in [0, 0.1) is 13.8 Å². The summed E-state index contributed by atoms with van der Waals surface area (Å²) in [5.41, 5.74) is 3.71. The monoisotopic (exact) mass is 312 g/mol. The van der Waals surface area contributed by atoms with E-state index < -0.39 is 9.84 Å². The summed E-state index contributed by atoms with van der Waals surface area (Å²) in [5.74, 6) is -0.0321. The van der Waals surface area contributed by atoms with Gasteiger partial charge in [0.1, 0.15) is 0 Å². The van der Waals surface area contributed by atoms with Crippen molar-refractivity contribution < 1.29 is 8.42 Å². The standard InChI is InChI=1S/C18H18NO2S/c1-3-15-16-6-4-5-7-17(16)19-18(15)12-22(20,21)14-10-8-13(2)9-11-14/h4-11,19H,1,3,12H2,2H3. The molecule has 113 valence electrons. The van der Waals surface area contributed by atoms with E-state index in [1.807, 2.05) is 43.3 Å². The first-order chi connectivity index (χ1) is 10.5. The number of aromatic amines is 1. The van der Waals surface area contributed by atoms with Crippen LogP contribution < -0.4 is 0 Å². The van der Waals surface area contributed by atoms with Gasteiger partial charge >= 0.3 is 0 Å². The first-order valence-corrected chi connectivity index (χ1v) is 8.83. The minimum absolute atomic E-state index is 0.0321. The van der Waals surface area contributed by atoms with Gasteiger partial charge in [-0.05, 0) is 44.0 Å². The van der Waals surface area contributed by atoms with Gasteiger partial charge in [0, 0.05) is 16.6 Å². The summed E-state index contributed by atoms with van der Waals surface area (Å²) in [6, 6.07) is 14.8. The van der Waals surface area contributed by atoms with Gasteiger partial charge in [0.15, 0.2) is 9.84 Å². The van der Waals surface area contributed by atoms with Crippen LogP contribution >= 0.6 is 0 Å². The van der Waals surface area contributed by atoms with Gasteiger partial charge < -0.3 is 4.98 Å². The van der Waals surface area contributed by atoms with Crippen LogP contribution in [0.2, 0.25) is 0 Å². The van der Waals surface area contributed by atoms with Gasteiger partial charge in [-0.2, -0.15) is 0 Å². The van der Waals surface area contributed by atoms with E-state index in [1.54, 1.807) is 12.1 Å². The predicted molar refractivity (Wildman–Crippen MR) is 89.4 cm³/mol. The topological polar surface area (TPSA) is 49.9 Å². The smallest absolute Gasteiger partial charge is 0.183 e. The number of H-pyrrole nitrogens is 1. The zero-order valence-corrected chi connectivity index (χ0v) is 13.3. The van der Waals surface area contributed by atoms with E-state index in [2.05, 4.69) is 11.9 Å². The molecule has 1 heterocycles. The largest absolute Gasteiger partial charge is 0.357 e. The molecule has 3 aromatic rings. The molecule has 0 bridgehead atoms. The minimum Gasteiger partial charge on any atom is -0.357 e. The Morgan fingerprint density at radius 1 is 1.05 bits per heavy atom. The van der Waals surface area contributed by atoms with Crippen molar-refractivity contribution in [2.75, 3.05) is 0 Å². The maximum absolute atomic E-state index is 12.6. The van der Waals surface area contributed by atoms with E-state index in [0.29, 0.717) is 11.3 Å². The Kier molecular flexibility index (Phi) is 3.79. The number of para-hydroxylation sites is 1. The number of fused-ring (bicyclic) bond motifs is 1. The molecule has 0 aliphatic carbocycles. The number of aromatic nitrogens is 1. The Morgan fingerprint density at radius 2 is 1.73 bits per heavy atom. The second-order valence-corrected chi connectivity index (χ2v) is 7.44. The molecular formula is C18H18NO2S. The van der Waals surface area contributed by atoms with Crippen molar-refractivity contribution in [1.82, 2.24) is 4.98 Å². The number of hydrogen-bond acceptors (Lipinski definition) is 2. The molecule has 0 fully saturated rings. The Labute approximate surface area is 130 Å². The van der Waals surface area contributed by atoms with Crippen LogP contribution in [0.25, 0.3) is 10.9 Å². The van der Waals surface area contributed by atoms with Gasteiger partial charge in [-0.15, -0.1) is 0 Å². The van der Waals surface area contributed by atoms with E-state index >= 15 is 0 Å². The molecule has 22 heavy (non-hydrogen) atoms. The average molecular weight is 312 g/mol. The van der Waals surface area contributed by atoms with Gasteiger partial charge in [-0.3, -0.25) is 0 Å². The Morgan fingerprint density at radius 3 is 2.41 bits per heavy atom. The van der Waals surface area contributed by atoms with E-state index in [-0.39, 0.29) is 5.75 Å². The highest BCUT2D eigenvalue weighted by Crippen LogP contribution is 2.26. The Hall–Kier alpha value is -2.07. The molecule has 0 aliphatic heterocycles. The predicted octanol–water partition coefficient (Wildman–Crippen LogP) is 3.83. The summed E-state index contributed by atoms with van der Waals surface area (Å²) in [6.07, 6.45) is 0.558. The van der Waals surface area contributed by atoms with Gasteiger partial charge in [0.2, 0.25) is 0 Å². The molecule has 0 spiro atoms. The lowest BCUT2D eigenvalue weighted by molar-refractivity contribution is 0.594. The van der Waals surface area contributed by atoms with Crippen molar-refractivity contribution in [2.24, 2.45) is 0 Å². The van der Waals surface area contributed by atoms with Crippen LogP contribution in [0.4, 0.5) is 0 Å².